The molecular weight excluding hydrogens is 817 g/mol. The zero-order chi connectivity index (χ0) is 46.0. The Bertz CT molecular complexity index is 2450. The number of hydrogen-bond acceptors (Lipinski definition) is 11. The monoisotopic (exact) mass is 876 g/mol. The number of amides is 4. The molecule has 6 bridgehead atoms. The van der Waals surface area contributed by atoms with Crippen molar-refractivity contribution in [2.45, 2.75) is 91.1 Å². The number of aromatic hydroxyl groups is 1. The molecule has 0 spiro atoms. The molecule has 2 fully saturated rings. The number of nitrogens with zero attached hydrogens (tertiary/aromatic N) is 6. The van der Waals surface area contributed by atoms with Gasteiger partial charge in [-0.1, -0.05) is 46.4 Å². The maximum absolute atomic E-state index is 14.6. The van der Waals surface area contributed by atoms with Crippen molar-refractivity contribution in [2.24, 2.45) is 17.3 Å². The van der Waals surface area contributed by atoms with Crippen molar-refractivity contribution in [1.82, 2.24) is 40.1 Å². The van der Waals surface area contributed by atoms with Gasteiger partial charge in [-0.15, -0.1) is 0 Å². The minimum absolute atomic E-state index is 0.0248. The highest BCUT2D eigenvalue weighted by molar-refractivity contribution is 5.94. The van der Waals surface area contributed by atoms with Gasteiger partial charge < -0.3 is 34.3 Å². The van der Waals surface area contributed by atoms with Gasteiger partial charge in [-0.2, -0.15) is 0 Å². The van der Waals surface area contributed by atoms with Crippen LogP contribution >= 0.6 is 0 Å². The number of benzene rings is 2. The number of esters is 1. The van der Waals surface area contributed by atoms with E-state index < -0.39 is 47.2 Å². The van der Waals surface area contributed by atoms with Crippen LogP contribution in [0.4, 0.5) is 0 Å². The Labute approximate surface area is 374 Å². The lowest BCUT2D eigenvalue weighted by molar-refractivity contribution is -0.155. The molecule has 3 aliphatic heterocycles. The molecule has 4 aromatic rings. The summed E-state index contributed by atoms with van der Waals surface area (Å²) in [6, 6.07) is 11.8. The zero-order valence-corrected chi connectivity index (χ0v) is 37.8. The van der Waals surface area contributed by atoms with Crippen LogP contribution in [0.3, 0.4) is 0 Å². The van der Waals surface area contributed by atoms with Crippen molar-refractivity contribution in [2.75, 3.05) is 40.4 Å². The van der Waals surface area contributed by atoms with Gasteiger partial charge in [0, 0.05) is 63.9 Å². The molecule has 16 heteroatoms. The molecule has 64 heavy (non-hydrogen) atoms. The summed E-state index contributed by atoms with van der Waals surface area (Å²) < 4.78 is 13.8. The van der Waals surface area contributed by atoms with Crippen molar-refractivity contribution in [3.8, 4) is 28.3 Å². The first kappa shape index (κ1) is 45.9. The summed E-state index contributed by atoms with van der Waals surface area (Å²) in [6.45, 7) is 14.5. The van der Waals surface area contributed by atoms with Crippen LogP contribution in [0.15, 0.2) is 67.4 Å². The summed E-state index contributed by atoms with van der Waals surface area (Å²) in [4.78, 5) is 81.8. The standard InChI is InChI=1S/C48H60N8O8/c1-9-40(58)54-19-16-32(25-54)45(60)53(7)42(28(2)3)44(59)51-38-22-30-20-33(23-34(57)21-30)31-14-15-36-39(24-31)55(43(50-36)35-12-10-17-49-41(35)29(4)63-8)26-48(5,6)27-64-47(62)37-13-11-18-56(52-37)46(38)61/h9-10,12,14-15,17,20-21,23-24,28-29,32,37-38,42,52,57H,1,11,13,16,18-19,22,25-27H2,2-8H3,(H,51,59)/t29-,32-,37-,38-,42-/m0/s1. The molecule has 16 nitrogen and oxygen atoms in total. The highest BCUT2D eigenvalue weighted by atomic mass is 16.5. The Morgan fingerprint density at radius 2 is 1.86 bits per heavy atom. The number of imidazole rings is 1. The quantitative estimate of drug-likeness (QED) is 0.155. The average Bonchev–Trinajstić information content (AvgIpc) is 3.91. The Morgan fingerprint density at radius 3 is 2.59 bits per heavy atom. The van der Waals surface area contributed by atoms with Gasteiger partial charge in [-0.05, 0) is 91.3 Å². The van der Waals surface area contributed by atoms with Crippen molar-refractivity contribution in [1.29, 1.82) is 0 Å². The first-order valence-electron chi connectivity index (χ1n) is 22.0. The second-order valence-corrected chi connectivity index (χ2v) is 18.4. The number of rotatable bonds is 9. The number of aromatic nitrogens is 3. The number of phenols is 1. The Hall–Kier alpha value is -6.13. The van der Waals surface area contributed by atoms with Crippen LogP contribution in [0.25, 0.3) is 33.5 Å². The smallest absolute Gasteiger partial charge is 0.324 e. The van der Waals surface area contributed by atoms with Crippen LogP contribution in [-0.2, 0) is 46.4 Å². The lowest BCUT2D eigenvalue weighted by atomic mass is 9.94. The largest absolute Gasteiger partial charge is 0.508 e. The molecule has 2 saturated heterocycles. The number of phenolic OH excluding ortho intramolecular Hbond substituents is 1. The predicted octanol–water partition coefficient (Wildman–Crippen LogP) is 4.80. The number of cyclic esters (lactones) is 1. The van der Waals surface area contributed by atoms with Gasteiger partial charge in [0.2, 0.25) is 17.7 Å². The Morgan fingerprint density at radius 1 is 1.08 bits per heavy atom. The van der Waals surface area contributed by atoms with Crippen LogP contribution in [0.5, 0.6) is 5.75 Å². The summed E-state index contributed by atoms with van der Waals surface area (Å²) >= 11 is 0. The van der Waals surface area contributed by atoms with Crippen LogP contribution in [0, 0.1) is 17.3 Å². The van der Waals surface area contributed by atoms with Crippen molar-refractivity contribution < 1.29 is 38.6 Å². The first-order valence-corrected chi connectivity index (χ1v) is 22.0. The predicted molar refractivity (Wildman–Crippen MR) is 240 cm³/mol. The summed E-state index contributed by atoms with van der Waals surface area (Å²) in [6.07, 6.45) is 3.98. The van der Waals surface area contributed by atoms with Gasteiger partial charge in [-0.3, -0.25) is 34.0 Å². The van der Waals surface area contributed by atoms with E-state index in [1.165, 1.54) is 16.0 Å². The topological polar surface area (TPSA) is 189 Å². The SMILES string of the molecule is C=CC(=O)N1CC[C@H](C(=O)N(C)[C@H](C(=O)N[C@H]2Cc3cc(O)cc(c3)-c3ccc4nc(-c5cccnc5[C@H](C)OC)n(c4c3)CC(C)(C)COC(=O)[C@@H]3CCCN(N3)C2=O)C(C)C)C1. The summed E-state index contributed by atoms with van der Waals surface area (Å²) in [5.41, 5.74) is 7.55. The van der Waals surface area contributed by atoms with E-state index >= 15 is 0 Å². The van der Waals surface area contributed by atoms with E-state index in [1.807, 2.05) is 71.0 Å². The van der Waals surface area contributed by atoms with Gasteiger partial charge in [-0.25, -0.2) is 10.4 Å². The van der Waals surface area contributed by atoms with Crippen LogP contribution in [-0.4, -0.2) is 123 Å². The number of carbonyl (C=O) groups excluding carboxylic acids is 5. The number of methoxy groups -OCH3 is 1. The lowest BCUT2D eigenvalue weighted by Gasteiger charge is -2.37. The van der Waals surface area contributed by atoms with Gasteiger partial charge in [0.1, 0.15) is 29.7 Å². The van der Waals surface area contributed by atoms with Crippen molar-refractivity contribution >= 4 is 40.6 Å². The number of hydrazine groups is 1. The normalized spacial score (nSPS) is 21.2. The summed E-state index contributed by atoms with van der Waals surface area (Å²) in [7, 11) is 3.21. The highest BCUT2D eigenvalue weighted by Gasteiger charge is 2.40. The van der Waals surface area contributed by atoms with Gasteiger partial charge in [0.15, 0.2) is 0 Å². The molecule has 4 amide bonds. The maximum atomic E-state index is 14.6. The third-order valence-corrected chi connectivity index (χ3v) is 12.5. The van der Waals surface area contributed by atoms with Crippen LogP contribution in [0.2, 0.25) is 0 Å². The molecule has 3 aliphatic rings. The maximum Gasteiger partial charge on any atom is 0.324 e. The minimum atomic E-state index is -1.17. The fraction of sp³-hybridized carbons (Fsp3) is 0.479. The third-order valence-electron chi connectivity index (χ3n) is 12.5. The fourth-order valence-electron chi connectivity index (χ4n) is 9.15. The lowest BCUT2D eigenvalue weighted by Crippen LogP contribution is -2.62. The number of fused-ring (bicyclic) bond motifs is 6. The molecule has 3 N–H and O–H groups in total. The minimum Gasteiger partial charge on any atom is -0.508 e. The van der Waals surface area contributed by atoms with E-state index in [-0.39, 0.29) is 55.7 Å². The molecule has 340 valence electrons. The molecule has 0 aliphatic carbocycles. The third kappa shape index (κ3) is 9.67. The summed E-state index contributed by atoms with van der Waals surface area (Å²) in [5, 5.41) is 15.6. The zero-order valence-electron chi connectivity index (χ0n) is 37.8. The van der Waals surface area contributed by atoms with E-state index in [0.29, 0.717) is 49.3 Å². The first-order chi connectivity index (χ1) is 30.5. The summed E-state index contributed by atoms with van der Waals surface area (Å²) in [5.74, 6) is -2.27. The van der Waals surface area contributed by atoms with Crippen LogP contribution in [0.1, 0.15) is 71.2 Å². The number of carbonyl (C=O) groups is 5. The van der Waals surface area contributed by atoms with Crippen molar-refractivity contribution in [3.63, 3.8) is 0 Å². The number of likely N-dealkylation sites (N-methyl/N-ethyl adjacent to an activating group) is 1. The highest BCUT2D eigenvalue weighted by Crippen LogP contribution is 2.36. The molecule has 0 saturated carbocycles. The van der Waals surface area contributed by atoms with E-state index in [2.05, 4.69) is 26.9 Å². The molecule has 7 rings (SSSR count). The Balaban J connectivity index is 1.28. The molecule has 5 heterocycles. The van der Waals surface area contributed by atoms with E-state index in [9.17, 15) is 29.1 Å². The molecule has 2 aromatic carbocycles. The Kier molecular flexibility index (Phi) is 13.6. The fourth-order valence-corrected chi connectivity index (χ4v) is 9.15. The van der Waals surface area contributed by atoms with E-state index in [4.69, 9.17) is 14.5 Å². The van der Waals surface area contributed by atoms with Crippen LogP contribution < -0.4 is 10.7 Å². The van der Waals surface area contributed by atoms with E-state index in [0.717, 1.165) is 27.9 Å². The number of ether oxygens (including phenoxy) is 2. The average molecular weight is 877 g/mol. The van der Waals surface area contributed by atoms with Gasteiger partial charge in [0.25, 0.3) is 5.91 Å². The number of likely N-dealkylation sites (tertiary alicyclic amines) is 1. The molecular formula is C48H60N8O8. The van der Waals surface area contributed by atoms with E-state index in [1.54, 1.807) is 37.4 Å². The van der Waals surface area contributed by atoms with Gasteiger partial charge in [0.05, 0.1) is 35.4 Å². The second-order valence-electron chi connectivity index (χ2n) is 18.4. The molecule has 2 aromatic heterocycles. The second kappa shape index (κ2) is 18.9. The number of nitrogens with one attached hydrogen (secondary N) is 2. The molecule has 0 unspecified atom stereocenters. The number of hydrogen-bond donors (Lipinski definition) is 3. The van der Waals surface area contributed by atoms with Gasteiger partial charge >= 0.3 is 5.97 Å². The molecule has 5 atom stereocenters. The van der Waals surface area contributed by atoms with Crippen molar-refractivity contribution in [3.05, 3.63) is 78.6 Å². The number of pyridine rings is 1. The molecule has 0 radical (unpaired) electrons.